The van der Waals surface area contributed by atoms with Gasteiger partial charge in [0.05, 0.1) is 53.3 Å². The Morgan fingerprint density at radius 3 is 1.32 bits per heavy atom. The summed E-state index contributed by atoms with van der Waals surface area (Å²) in [5.41, 5.74) is 8.50. The van der Waals surface area contributed by atoms with Crippen LogP contribution in [0, 0.1) is 41.5 Å². The van der Waals surface area contributed by atoms with Gasteiger partial charge < -0.3 is 14.6 Å². The SMILES string of the molecule is C.C.C.CCCCCCCOc1cccc2c1C(=O)N(C1CCC(=O)NC1=O)C2=O.Cc1sc2c(c1C)C(c1ccc(Cl)cc1)=N[C@@H](CC(=O)CCCCCCCOc1cccc3c1C(=O)N(C1CCC(=O)NC1=O)C3=O)c1nnc(C)n1-2.Cc1sc2c(c1C)C(c1ccc(Cl)cc1)=N[C@@H](CC(=O)O)c1nnc(C)n1-2. The average molecular weight is 1580 g/mol. The molecule has 8 aromatic rings. The number of benzene rings is 4. The van der Waals surface area contributed by atoms with Crippen molar-refractivity contribution >= 4 is 116 Å². The fourth-order valence-corrected chi connectivity index (χ4v) is 16.7. The number of thiophene rings is 2. The Hall–Kier alpha value is -10.2. The Bertz CT molecular complexity index is 4940. The fourth-order valence-electron chi connectivity index (χ4n) is 14.0. The minimum Gasteiger partial charge on any atom is -0.493 e. The maximum Gasteiger partial charge on any atom is 0.306 e. The van der Waals surface area contributed by atoms with Gasteiger partial charge in [0.2, 0.25) is 23.6 Å². The number of nitrogens with one attached hydrogen (secondary N) is 2. The molecule has 0 radical (unpaired) electrons. The number of aromatic nitrogens is 6. The van der Waals surface area contributed by atoms with Crippen LogP contribution < -0.4 is 20.1 Å². The molecule has 8 amide bonds. The van der Waals surface area contributed by atoms with Crippen molar-refractivity contribution in [2.24, 2.45) is 9.98 Å². The zero-order valence-electron chi connectivity index (χ0n) is 60.2. The number of halogens is 2. The Morgan fingerprint density at radius 2 is 0.909 bits per heavy atom. The van der Waals surface area contributed by atoms with Gasteiger partial charge in [0.25, 0.3) is 23.6 Å². The van der Waals surface area contributed by atoms with Crippen LogP contribution in [0.5, 0.6) is 11.5 Å². The number of fused-ring (bicyclic) bond motifs is 8. The molecule has 2 fully saturated rings. The molecular formula is C81H92Cl2N12O13S2. The summed E-state index contributed by atoms with van der Waals surface area (Å²) in [6, 6.07) is 21.7. The van der Waals surface area contributed by atoms with Gasteiger partial charge in [-0.3, -0.25) is 87.5 Å². The number of piperidine rings is 2. The number of rotatable bonds is 24. The molecule has 4 atom stereocenters. The number of carbonyl (C=O) groups excluding carboxylic acids is 9. The van der Waals surface area contributed by atoms with E-state index in [0.29, 0.717) is 52.8 Å². The summed E-state index contributed by atoms with van der Waals surface area (Å²) >= 11 is 15.6. The Balaban J connectivity index is 0.000000206. The van der Waals surface area contributed by atoms with Gasteiger partial charge in [-0.15, -0.1) is 43.1 Å². The normalized spacial score (nSPS) is 17.2. The molecule has 2 saturated heterocycles. The zero-order chi connectivity index (χ0) is 76.1. The van der Waals surface area contributed by atoms with Gasteiger partial charge in [-0.05, 0) is 133 Å². The van der Waals surface area contributed by atoms with Crippen LogP contribution in [0.1, 0.15) is 258 Å². The van der Waals surface area contributed by atoms with Gasteiger partial charge in [0.15, 0.2) is 11.6 Å². The van der Waals surface area contributed by atoms with Crippen molar-refractivity contribution in [1.82, 2.24) is 50.0 Å². The summed E-state index contributed by atoms with van der Waals surface area (Å²) < 4.78 is 15.7. The van der Waals surface area contributed by atoms with Crippen LogP contribution in [-0.2, 0) is 28.8 Å². The number of unbranched alkanes of at least 4 members (excludes halogenated alkanes) is 8. The Labute approximate surface area is 657 Å². The molecule has 4 aromatic carbocycles. The number of aliphatic carboxylic acids is 1. The topological polar surface area (TPSA) is 326 Å². The van der Waals surface area contributed by atoms with Crippen molar-refractivity contribution in [3.63, 3.8) is 0 Å². The standard InChI is InChI=1S/C39H39ClN6O6S.C20H24N2O5.C19H17ClN4O2S.3CH4/c1-21-22(2)53-39-32(21)34(24-13-15-25(40)16-14-24)41-28(35-44-43-23(3)45(35)39)20-26(47)10-7-5-4-6-8-19-52-30-12-9-11-27-33(30)38(51)46(37(27)50)29-17-18-31(48)42-36(29)49;1-2-3-4-5-6-12-27-15-9-7-8-13-17(15)20(26)22(19(13)25)14-10-11-16(23)21-18(14)24;1-9-10(2)27-19-16(9)17(12-4-6-13(20)7-5-12)21-14(8-15(25)26)18-23-22-11(3)24(18)19;;;/h9,11-16,28-29H,4-8,10,17-20H2,1-3H3,(H,42,48,49);7-9,14H,2-6,10-12H2,1H3,(H,21,23,24);4-7,14H,8H2,1-3H3,(H,25,26);3*1H4/t28-,29?;;14-;;;/m0.0.../s1. The Kier molecular flexibility index (Phi) is 27.8. The molecule has 6 aliphatic rings. The Morgan fingerprint density at radius 1 is 0.509 bits per heavy atom. The number of ether oxygens (including phenoxy) is 2. The number of amides is 8. The van der Waals surface area contributed by atoms with Crippen molar-refractivity contribution < 1.29 is 62.5 Å². The molecule has 580 valence electrons. The van der Waals surface area contributed by atoms with Crippen molar-refractivity contribution in [3.8, 4) is 21.5 Å². The van der Waals surface area contributed by atoms with Crippen LogP contribution >= 0.6 is 45.9 Å². The number of nitrogens with zero attached hydrogens (tertiary/aromatic N) is 10. The highest BCUT2D eigenvalue weighted by Crippen LogP contribution is 2.43. The highest BCUT2D eigenvalue weighted by molar-refractivity contribution is 7.15. The first-order valence-electron chi connectivity index (χ1n) is 35.8. The highest BCUT2D eigenvalue weighted by Gasteiger charge is 2.48. The van der Waals surface area contributed by atoms with E-state index < -0.39 is 71.5 Å². The lowest BCUT2D eigenvalue weighted by Gasteiger charge is -2.27. The van der Waals surface area contributed by atoms with E-state index in [1.807, 2.05) is 66.9 Å². The summed E-state index contributed by atoms with van der Waals surface area (Å²) in [4.78, 5) is 139. The quantitative estimate of drug-likeness (QED) is 0.0374. The first kappa shape index (κ1) is 83.8. The van der Waals surface area contributed by atoms with Crippen LogP contribution in [0.3, 0.4) is 0 Å². The van der Waals surface area contributed by atoms with Gasteiger partial charge in [-0.2, -0.15) is 0 Å². The number of Topliss-reactive ketones (excluding diaryl/α,β-unsaturated/α-hetero) is 1. The molecule has 29 heteroatoms. The first-order valence-corrected chi connectivity index (χ1v) is 38.2. The van der Waals surface area contributed by atoms with Crippen LogP contribution in [0.4, 0.5) is 0 Å². The van der Waals surface area contributed by atoms with E-state index >= 15 is 0 Å². The van der Waals surface area contributed by atoms with Crippen molar-refractivity contribution in [1.29, 1.82) is 0 Å². The van der Waals surface area contributed by atoms with Gasteiger partial charge in [0.1, 0.15) is 63.1 Å². The lowest BCUT2D eigenvalue weighted by Crippen LogP contribution is -2.54. The molecule has 3 N–H and O–H groups in total. The van der Waals surface area contributed by atoms with Gasteiger partial charge >= 0.3 is 5.97 Å². The summed E-state index contributed by atoms with van der Waals surface area (Å²) in [5.74, 6) is -1.72. The summed E-state index contributed by atoms with van der Waals surface area (Å²) in [5, 5.41) is 34.4. The predicted molar refractivity (Wildman–Crippen MR) is 422 cm³/mol. The largest absolute Gasteiger partial charge is 0.493 e. The summed E-state index contributed by atoms with van der Waals surface area (Å²) in [6.45, 7) is 15.1. The molecule has 110 heavy (non-hydrogen) atoms. The molecule has 14 rings (SSSR count). The van der Waals surface area contributed by atoms with Gasteiger partial charge in [0, 0.05) is 67.7 Å². The summed E-state index contributed by atoms with van der Waals surface area (Å²) in [7, 11) is 0. The third kappa shape index (κ3) is 17.5. The number of hydrogen-bond acceptors (Lipinski definition) is 20. The number of aliphatic imine (C=N–C) groups is 2. The zero-order valence-corrected chi connectivity index (χ0v) is 63.4. The highest BCUT2D eigenvalue weighted by atomic mass is 35.5. The first-order chi connectivity index (χ1) is 51.4. The van der Waals surface area contributed by atoms with Crippen LogP contribution in [0.25, 0.3) is 10.0 Å². The third-order valence-corrected chi connectivity index (χ3v) is 22.6. The molecule has 0 aliphatic carbocycles. The van der Waals surface area contributed by atoms with Gasteiger partial charge in [-0.25, -0.2) is 0 Å². The maximum atomic E-state index is 13.4. The van der Waals surface area contributed by atoms with E-state index in [1.165, 1.54) is 22.6 Å². The monoisotopic (exact) mass is 1570 g/mol. The number of hydrogen-bond donors (Lipinski definition) is 3. The van der Waals surface area contributed by atoms with E-state index in [0.717, 1.165) is 128 Å². The van der Waals surface area contributed by atoms with E-state index in [2.05, 4.69) is 70.2 Å². The number of carbonyl (C=O) groups is 10. The second-order valence-electron chi connectivity index (χ2n) is 27.0. The van der Waals surface area contributed by atoms with E-state index in [1.54, 1.807) is 59.1 Å². The predicted octanol–water partition coefficient (Wildman–Crippen LogP) is 15.2. The van der Waals surface area contributed by atoms with Crippen LogP contribution in [0.2, 0.25) is 10.0 Å². The van der Waals surface area contributed by atoms with Crippen molar-refractivity contribution in [2.75, 3.05) is 13.2 Å². The number of carboxylic acids is 1. The molecule has 6 aliphatic heterocycles. The second-order valence-corrected chi connectivity index (χ2v) is 30.3. The van der Waals surface area contributed by atoms with E-state index in [-0.39, 0.29) is 94.7 Å². The lowest BCUT2D eigenvalue weighted by atomic mass is 9.99. The number of ketones is 1. The molecule has 0 spiro atoms. The molecule has 4 aromatic heterocycles. The molecule has 25 nitrogen and oxygen atoms in total. The van der Waals surface area contributed by atoms with E-state index in [9.17, 15) is 53.1 Å². The van der Waals surface area contributed by atoms with E-state index in [4.69, 9.17) is 42.7 Å². The van der Waals surface area contributed by atoms with Crippen molar-refractivity contribution in [3.05, 3.63) is 184 Å². The third-order valence-electron chi connectivity index (χ3n) is 19.7. The summed E-state index contributed by atoms with van der Waals surface area (Å²) in [6.07, 6.45) is 10.4. The number of imide groups is 4. The fraction of sp³-hybridized carbons (Fsp3) is 0.407. The number of carboxylic acid groups (broad SMARTS) is 1. The average Bonchev–Trinajstić information content (AvgIpc) is 1.60. The molecular weight excluding hydrogens is 1480 g/mol. The smallest absolute Gasteiger partial charge is 0.306 e. The maximum absolute atomic E-state index is 13.4. The minimum atomic E-state index is -1.03. The second kappa shape index (κ2) is 36.5. The minimum absolute atomic E-state index is 0. The molecule has 0 bridgehead atoms. The van der Waals surface area contributed by atoms with Gasteiger partial charge in [-0.1, -0.05) is 134 Å². The van der Waals surface area contributed by atoms with Crippen LogP contribution in [0.15, 0.2) is 94.9 Å². The molecule has 0 saturated carbocycles. The number of aryl methyl sites for hydroxylation is 4. The molecule has 2 unspecified atom stereocenters. The lowest BCUT2D eigenvalue weighted by molar-refractivity contribution is -0.138. The van der Waals surface area contributed by atoms with Crippen molar-refractivity contribution in [2.45, 2.75) is 204 Å². The molecule has 10 heterocycles. The van der Waals surface area contributed by atoms with Crippen LogP contribution in [-0.4, -0.2) is 140 Å².